The Hall–Kier alpha value is -3.28. The fourth-order valence-corrected chi connectivity index (χ4v) is 3.44. The molecule has 1 aromatic heterocycles. The molecule has 0 bridgehead atoms. The van der Waals surface area contributed by atoms with E-state index < -0.39 is 12.0 Å². The Labute approximate surface area is 163 Å². The smallest absolute Gasteiger partial charge is 0.326 e. The Morgan fingerprint density at radius 2 is 1.86 bits per heavy atom. The van der Waals surface area contributed by atoms with Crippen molar-refractivity contribution in [3.05, 3.63) is 65.9 Å². The Bertz CT molecular complexity index is 979. The molecule has 0 aliphatic carbocycles. The molecule has 0 saturated carbocycles. The van der Waals surface area contributed by atoms with Crippen molar-refractivity contribution in [2.75, 3.05) is 7.11 Å². The van der Waals surface area contributed by atoms with Gasteiger partial charge in [-0.15, -0.1) is 0 Å². The number of rotatable bonds is 8. The number of methoxy groups -OCH3 is 1. The van der Waals surface area contributed by atoms with Gasteiger partial charge in [0.15, 0.2) is 0 Å². The molecule has 2 aromatic carbocycles. The molecule has 1 heterocycles. The first-order chi connectivity index (χ1) is 13.5. The number of benzene rings is 2. The number of carboxylic acid groups (broad SMARTS) is 1. The van der Waals surface area contributed by atoms with Crippen molar-refractivity contribution in [3.8, 4) is 5.75 Å². The highest BCUT2D eigenvalue weighted by molar-refractivity contribution is 5.87. The lowest BCUT2D eigenvalue weighted by atomic mass is 9.96. The van der Waals surface area contributed by atoms with Crippen LogP contribution in [-0.4, -0.2) is 35.1 Å². The maximum absolute atomic E-state index is 12.5. The summed E-state index contributed by atoms with van der Waals surface area (Å²) in [4.78, 5) is 27.4. The molecule has 6 nitrogen and oxygen atoms in total. The molecule has 2 unspecified atom stereocenters. The third-order valence-electron chi connectivity index (χ3n) is 4.89. The number of aromatic amines is 1. The summed E-state index contributed by atoms with van der Waals surface area (Å²) < 4.78 is 5.35. The number of fused-ring (bicyclic) bond motifs is 1. The van der Waals surface area contributed by atoms with Gasteiger partial charge in [-0.05, 0) is 29.2 Å². The molecule has 146 valence electrons. The zero-order valence-corrected chi connectivity index (χ0v) is 15.9. The quantitative estimate of drug-likeness (QED) is 0.558. The molecule has 28 heavy (non-hydrogen) atoms. The number of aliphatic carboxylic acids is 1. The van der Waals surface area contributed by atoms with Crippen molar-refractivity contribution in [2.24, 2.45) is 0 Å². The van der Waals surface area contributed by atoms with Crippen molar-refractivity contribution in [1.82, 2.24) is 10.3 Å². The molecule has 2 atom stereocenters. The van der Waals surface area contributed by atoms with Crippen LogP contribution in [0.4, 0.5) is 0 Å². The summed E-state index contributed by atoms with van der Waals surface area (Å²) in [7, 11) is 1.59. The van der Waals surface area contributed by atoms with Gasteiger partial charge in [0.1, 0.15) is 11.8 Å². The van der Waals surface area contributed by atoms with Crippen molar-refractivity contribution >= 4 is 22.8 Å². The third-order valence-corrected chi connectivity index (χ3v) is 4.89. The van der Waals surface area contributed by atoms with Gasteiger partial charge in [0.05, 0.1) is 7.11 Å². The summed E-state index contributed by atoms with van der Waals surface area (Å²) in [5.74, 6) is -0.732. The fourth-order valence-electron chi connectivity index (χ4n) is 3.44. The summed E-state index contributed by atoms with van der Waals surface area (Å²) in [5.41, 5.74) is 2.72. The second-order valence-electron chi connectivity index (χ2n) is 6.87. The van der Waals surface area contributed by atoms with Crippen molar-refractivity contribution in [2.45, 2.75) is 31.7 Å². The van der Waals surface area contributed by atoms with E-state index in [1.54, 1.807) is 13.3 Å². The summed E-state index contributed by atoms with van der Waals surface area (Å²) in [6.45, 7) is 1.92. The second-order valence-corrected chi connectivity index (χ2v) is 6.87. The van der Waals surface area contributed by atoms with Gasteiger partial charge < -0.3 is 20.1 Å². The summed E-state index contributed by atoms with van der Waals surface area (Å²) in [6.07, 6.45) is 2.19. The number of para-hydroxylation sites is 2. The lowest BCUT2D eigenvalue weighted by Crippen LogP contribution is -2.42. The van der Waals surface area contributed by atoms with Gasteiger partial charge in [0.2, 0.25) is 5.91 Å². The zero-order valence-electron chi connectivity index (χ0n) is 15.9. The van der Waals surface area contributed by atoms with Crippen LogP contribution in [0.25, 0.3) is 10.9 Å². The van der Waals surface area contributed by atoms with Gasteiger partial charge >= 0.3 is 5.97 Å². The lowest BCUT2D eigenvalue weighted by Gasteiger charge is -2.18. The van der Waals surface area contributed by atoms with Crippen LogP contribution in [-0.2, 0) is 16.0 Å². The second kappa shape index (κ2) is 8.61. The first kappa shape index (κ1) is 19.5. The molecule has 0 spiro atoms. The highest BCUT2D eigenvalue weighted by atomic mass is 16.5. The number of H-pyrrole nitrogens is 1. The molecule has 3 rings (SSSR count). The van der Waals surface area contributed by atoms with Crippen LogP contribution < -0.4 is 10.1 Å². The largest absolute Gasteiger partial charge is 0.496 e. The predicted molar refractivity (Wildman–Crippen MR) is 108 cm³/mol. The van der Waals surface area contributed by atoms with Gasteiger partial charge in [-0.25, -0.2) is 4.79 Å². The predicted octanol–water partition coefficient (Wildman–Crippen LogP) is 3.48. The van der Waals surface area contributed by atoms with Crippen LogP contribution in [0.1, 0.15) is 30.4 Å². The molecule has 0 aliphatic rings. The Morgan fingerprint density at radius 3 is 2.61 bits per heavy atom. The normalized spacial score (nSPS) is 13.1. The first-order valence-corrected chi connectivity index (χ1v) is 9.19. The van der Waals surface area contributed by atoms with Crippen molar-refractivity contribution in [1.29, 1.82) is 0 Å². The van der Waals surface area contributed by atoms with E-state index in [9.17, 15) is 14.7 Å². The molecule has 3 aromatic rings. The van der Waals surface area contributed by atoms with Gasteiger partial charge in [0, 0.05) is 29.9 Å². The number of hydrogen-bond donors (Lipinski definition) is 3. The van der Waals surface area contributed by atoms with Gasteiger partial charge in [-0.2, -0.15) is 0 Å². The topological polar surface area (TPSA) is 91.4 Å². The Morgan fingerprint density at radius 1 is 1.14 bits per heavy atom. The van der Waals surface area contributed by atoms with Gasteiger partial charge in [0.25, 0.3) is 0 Å². The SMILES string of the molecule is COc1ccccc1C(C)CC(=O)NC(Cc1c[nH]c2ccccc12)C(=O)O. The van der Waals surface area contributed by atoms with E-state index in [0.29, 0.717) is 0 Å². The zero-order chi connectivity index (χ0) is 20.1. The number of carbonyl (C=O) groups is 2. The average Bonchev–Trinajstić information content (AvgIpc) is 3.10. The van der Waals surface area contributed by atoms with Crippen molar-refractivity contribution < 1.29 is 19.4 Å². The van der Waals surface area contributed by atoms with Gasteiger partial charge in [-0.3, -0.25) is 4.79 Å². The van der Waals surface area contributed by atoms with E-state index >= 15 is 0 Å². The maximum atomic E-state index is 12.5. The van der Waals surface area contributed by atoms with Gasteiger partial charge in [-0.1, -0.05) is 43.3 Å². The number of ether oxygens (including phenoxy) is 1. The third kappa shape index (κ3) is 4.34. The summed E-state index contributed by atoms with van der Waals surface area (Å²) >= 11 is 0. The lowest BCUT2D eigenvalue weighted by molar-refractivity contribution is -0.141. The average molecular weight is 380 g/mol. The van der Waals surface area contributed by atoms with E-state index in [1.165, 1.54) is 0 Å². The van der Waals surface area contributed by atoms with E-state index in [2.05, 4.69) is 10.3 Å². The highest BCUT2D eigenvalue weighted by Gasteiger charge is 2.23. The number of carboxylic acids is 1. The van der Waals surface area contributed by atoms with Crippen LogP contribution in [0.2, 0.25) is 0 Å². The van der Waals surface area contributed by atoms with E-state index in [0.717, 1.165) is 27.8 Å². The first-order valence-electron chi connectivity index (χ1n) is 9.19. The number of aromatic nitrogens is 1. The van der Waals surface area contributed by atoms with Crippen LogP contribution >= 0.6 is 0 Å². The number of carbonyl (C=O) groups excluding carboxylic acids is 1. The summed E-state index contributed by atoms with van der Waals surface area (Å²) in [6, 6.07) is 14.2. The van der Waals surface area contributed by atoms with E-state index in [-0.39, 0.29) is 24.7 Å². The van der Waals surface area contributed by atoms with Crippen LogP contribution in [0, 0.1) is 0 Å². The molecule has 0 fully saturated rings. The molecule has 0 radical (unpaired) electrons. The Kier molecular flexibility index (Phi) is 5.99. The fraction of sp³-hybridized carbons (Fsp3) is 0.273. The molecule has 3 N–H and O–H groups in total. The molecule has 6 heteroatoms. The van der Waals surface area contributed by atoms with E-state index in [1.807, 2.05) is 55.5 Å². The minimum absolute atomic E-state index is 0.0984. The molecular weight excluding hydrogens is 356 g/mol. The molecule has 1 amide bonds. The van der Waals surface area contributed by atoms with Crippen molar-refractivity contribution in [3.63, 3.8) is 0 Å². The summed E-state index contributed by atoms with van der Waals surface area (Å²) in [5, 5.41) is 13.2. The van der Waals surface area contributed by atoms with Crippen LogP contribution in [0.15, 0.2) is 54.7 Å². The van der Waals surface area contributed by atoms with Crippen LogP contribution in [0.3, 0.4) is 0 Å². The standard InChI is InChI=1S/C22H24N2O4/c1-14(16-7-4-6-10-20(16)28-2)11-21(25)24-19(22(26)27)12-15-13-23-18-9-5-3-8-17(15)18/h3-10,13-14,19,23H,11-12H2,1-2H3,(H,24,25)(H,26,27). The number of amides is 1. The minimum Gasteiger partial charge on any atom is -0.496 e. The maximum Gasteiger partial charge on any atom is 0.326 e. The van der Waals surface area contributed by atoms with E-state index in [4.69, 9.17) is 4.74 Å². The number of hydrogen-bond acceptors (Lipinski definition) is 3. The highest BCUT2D eigenvalue weighted by Crippen LogP contribution is 2.28. The molecule has 0 aliphatic heterocycles. The molecular formula is C22H24N2O4. The molecule has 0 saturated heterocycles. The Balaban J connectivity index is 1.68. The number of nitrogens with one attached hydrogen (secondary N) is 2. The minimum atomic E-state index is -1.05. The monoisotopic (exact) mass is 380 g/mol. The van der Waals surface area contributed by atoms with Crippen LogP contribution in [0.5, 0.6) is 5.75 Å².